The van der Waals surface area contributed by atoms with E-state index in [0.717, 1.165) is 25.3 Å². The van der Waals surface area contributed by atoms with E-state index in [1.54, 1.807) is 0 Å². The molecule has 0 aliphatic carbocycles. The first-order chi connectivity index (χ1) is 8.38. The Labute approximate surface area is 118 Å². The Morgan fingerprint density at radius 1 is 1.11 bits per heavy atom. The lowest BCUT2D eigenvalue weighted by Crippen LogP contribution is -2.34. The van der Waals surface area contributed by atoms with Gasteiger partial charge in [-0.1, -0.05) is 31.5 Å². The van der Waals surface area contributed by atoms with Crippen LogP contribution in [0.3, 0.4) is 0 Å². The lowest BCUT2D eigenvalue weighted by Gasteiger charge is -2.30. The summed E-state index contributed by atoms with van der Waals surface area (Å²) >= 11 is 4.24. The van der Waals surface area contributed by atoms with Crippen molar-refractivity contribution in [2.24, 2.45) is 0 Å². The molecule has 0 unspecified atom stereocenters. The molecule has 0 amide bonds. The monoisotopic (exact) mass is 265 g/mol. The fraction of sp³-hybridized carbons (Fsp3) is 0.625. The van der Waals surface area contributed by atoms with E-state index in [4.69, 9.17) is 0 Å². The third-order valence-corrected chi connectivity index (χ3v) is 3.75. The van der Waals surface area contributed by atoms with E-state index in [1.165, 1.54) is 22.3 Å². The average Bonchev–Trinajstić information content (AvgIpc) is 2.22. The van der Waals surface area contributed by atoms with Crippen LogP contribution in [0, 0.1) is 20.8 Å². The fourth-order valence-electron chi connectivity index (χ4n) is 2.94. The highest BCUT2D eigenvalue weighted by Crippen LogP contribution is 2.29. The molecule has 102 valence electrons. The molecular formula is C16H27NS. The number of rotatable bonds is 6. The maximum Gasteiger partial charge on any atom is 0.00433 e. The van der Waals surface area contributed by atoms with Crippen LogP contribution in [0.4, 0.5) is 0 Å². The minimum absolute atomic E-state index is 0.179. The zero-order valence-electron chi connectivity index (χ0n) is 12.4. The molecule has 1 rings (SSSR count). The second-order valence-corrected chi connectivity index (χ2v) is 6.36. The van der Waals surface area contributed by atoms with Gasteiger partial charge in [-0.2, -0.15) is 12.6 Å². The molecule has 1 nitrogen and oxygen atoms in total. The van der Waals surface area contributed by atoms with Crippen molar-refractivity contribution >= 4 is 12.6 Å². The summed E-state index contributed by atoms with van der Waals surface area (Å²) in [5, 5.41) is 3.55. The van der Waals surface area contributed by atoms with Gasteiger partial charge in [0.1, 0.15) is 0 Å². The molecule has 0 fully saturated rings. The van der Waals surface area contributed by atoms with Gasteiger partial charge in [0.2, 0.25) is 0 Å². The van der Waals surface area contributed by atoms with Crippen LogP contribution in [0.25, 0.3) is 0 Å². The number of aryl methyl sites for hydroxylation is 3. The van der Waals surface area contributed by atoms with Crippen molar-refractivity contribution in [3.05, 3.63) is 34.4 Å². The van der Waals surface area contributed by atoms with Crippen molar-refractivity contribution in [2.75, 3.05) is 18.8 Å². The molecular weight excluding hydrogens is 238 g/mol. The smallest absolute Gasteiger partial charge is 0.00433 e. The van der Waals surface area contributed by atoms with Gasteiger partial charge in [0.15, 0.2) is 0 Å². The zero-order valence-corrected chi connectivity index (χ0v) is 13.3. The second kappa shape index (κ2) is 6.63. The summed E-state index contributed by atoms with van der Waals surface area (Å²) in [7, 11) is 0. The summed E-state index contributed by atoms with van der Waals surface area (Å²) in [6.07, 6.45) is 1.13. The molecule has 0 heterocycles. The minimum Gasteiger partial charge on any atom is -0.316 e. The van der Waals surface area contributed by atoms with Crippen molar-refractivity contribution in [1.29, 1.82) is 0 Å². The topological polar surface area (TPSA) is 12.0 Å². The van der Waals surface area contributed by atoms with Crippen LogP contribution in [0.2, 0.25) is 0 Å². The van der Waals surface area contributed by atoms with Crippen molar-refractivity contribution in [3.63, 3.8) is 0 Å². The van der Waals surface area contributed by atoms with Gasteiger partial charge in [-0.05, 0) is 56.2 Å². The van der Waals surface area contributed by atoms with Gasteiger partial charge in [-0.25, -0.2) is 0 Å². The van der Waals surface area contributed by atoms with Crippen LogP contribution in [0.5, 0.6) is 0 Å². The molecule has 0 radical (unpaired) electrons. The molecule has 0 aliphatic heterocycles. The van der Waals surface area contributed by atoms with Crippen LogP contribution in [-0.2, 0) is 5.41 Å². The summed E-state index contributed by atoms with van der Waals surface area (Å²) in [6.45, 7) is 13.3. The van der Waals surface area contributed by atoms with E-state index in [2.05, 4.69) is 64.7 Å². The van der Waals surface area contributed by atoms with Crippen LogP contribution in [0.1, 0.15) is 42.5 Å². The molecule has 0 saturated heterocycles. The van der Waals surface area contributed by atoms with Crippen LogP contribution in [0.15, 0.2) is 12.1 Å². The van der Waals surface area contributed by atoms with E-state index in [1.807, 2.05) is 0 Å². The summed E-state index contributed by atoms with van der Waals surface area (Å²) < 4.78 is 0. The van der Waals surface area contributed by atoms with Gasteiger partial charge in [-0.3, -0.25) is 0 Å². The largest absolute Gasteiger partial charge is 0.316 e. The molecule has 0 spiro atoms. The number of nitrogens with one attached hydrogen (secondary N) is 1. The first kappa shape index (κ1) is 15.6. The van der Waals surface area contributed by atoms with E-state index >= 15 is 0 Å². The lowest BCUT2D eigenvalue weighted by atomic mass is 9.79. The highest BCUT2D eigenvalue weighted by molar-refractivity contribution is 7.80. The number of thiol groups is 1. The summed E-state index contributed by atoms with van der Waals surface area (Å²) in [5.74, 6) is 0.954. The third-order valence-electron chi connectivity index (χ3n) is 3.43. The van der Waals surface area contributed by atoms with Crippen molar-refractivity contribution < 1.29 is 0 Å². The maximum absolute atomic E-state index is 4.24. The van der Waals surface area contributed by atoms with Crippen molar-refractivity contribution in [2.45, 2.75) is 46.5 Å². The first-order valence-corrected chi connectivity index (χ1v) is 7.41. The fourth-order valence-corrected chi connectivity index (χ4v) is 3.10. The third kappa shape index (κ3) is 4.03. The minimum atomic E-state index is 0.179. The molecule has 18 heavy (non-hydrogen) atoms. The highest BCUT2D eigenvalue weighted by Gasteiger charge is 2.24. The number of benzene rings is 1. The van der Waals surface area contributed by atoms with Crippen molar-refractivity contribution in [3.8, 4) is 0 Å². The first-order valence-electron chi connectivity index (χ1n) is 6.78. The Morgan fingerprint density at radius 2 is 1.67 bits per heavy atom. The predicted molar refractivity (Wildman–Crippen MR) is 85.0 cm³/mol. The zero-order chi connectivity index (χ0) is 13.8. The van der Waals surface area contributed by atoms with E-state index < -0.39 is 0 Å². The summed E-state index contributed by atoms with van der Waals surface area (Å²) in [5.41, 5.74) is 5.85. The summed E-state index contributed by atoms with van der Waals surface area (Å²) in [4.78, 5) is 0. The molecule has 0 saturated carbocycles. The van der Waals surface area contributed by atoms with Crippen LogP contribution in [-0.4, -0.2) is 18.8 Å². The molecule has 0 aromatic heterocycles. The number of hydrogen-bond donors (Lipinski definition) is 2. The predicted octanol–water partition coefficient (Wildman–Crippen LogP) is 3.80. The van der Waals surface area contributed by atoms with Crippen LogP contribution >= 0.6 is 12.6 Å². The lowest BCUT2D eigenvalue weighted by molar-refractivity contribution is 0.466. The van der Waals surface area contributed by atoms with Crippen molar-refractivity contribution in [1.82, 2.24) is 5.32 Å². The Bertz CT molecular complexity index is 373. The molecule has 1 aromatic rings. The van der Waals surface area contributed by atoms with Crippen LogP contribution < -0.4 is 5.32 Å². The quantitative estimate of drug-likeness (QED) is 0.589. The van der Waals surface area contributed by atoms with Gasteiger partial charge in [0, 0.05) is 12.0 Å². The molecule has 0 aliphatic rings. The summed E-state index contributed by atoms with van der Waals surface area (Å²) in [6, 6.07) is 4.58. The average molecular weight is 265 g/mol. The standard InChI is InChI=1S/C16H27NS/c1-12-9-13(2)15(14(3)10-12)16(4,5)11-17-7-6-8-18/h9-10,17-18H,6-8,11H2,1-5H3. The normalized spacial score (nSPS) is 11.9. The van der Waals surface area contributed by atoms with Gasteiger partial charge < -0.3 is 5.32 Å². The molecule has 1 N–H and O–H groups in total. The molecule has 1 aromatic carbocycles. The Balaban J connectivity index is 2.84. The molecule has 0 atom stereocenters. The Morgan fingerprint density at radius 3 is 2.17 bits per heavy atom. The maximum atomic E-state index is 4.24. The SMILES string of the molecule is Cc1cc(C)c(C(C)(C)CNCCCS)c(C)c1. The number of hydrogen-bond acceptors (Lipinski definition) is 2. The van der Waals surface area contributed by atoms with Gasteiger partial charge in [0.05, 0.1) is 0 Å². The van der Waals surface area contributed by atoms with E-state index in [-0.39, 0.29) is 5.41 Å². The van der Waals surface area contributed by atoms with Gasteiger partial charge in [-0.15, -0.1) is 0 Å². The Hall–Kier alpha value is -0.470. The van der Waals surface area contributed by atoms with Gasteiger partial charge >= 0.3 is 0 Å². The Kier molecular flexibility index (Phi) is 5.74. The molecule has 0 bridgehead atoms. The molecule has 2 heteroatoms. The van der Waals surface area contributed by atoms with E-state index in [9.17, 15) is 0 Å². The second-order valence-electron chi connectivity index (χ2n) is 5.91. The highest BCUT2D eigenvalue weighted by atomic mass is 32.1. The van der Waals surface area contributed by atoms with Gasteiger partial charge in [0.25, 0.3) is 0 Å². The van der Waals surface area contributed by atoms with E-state index in [0.29, 0.717) is 0 Å².